The first-order valence-electron chi connectivity index (χ1n) is 7.15. The third-order valence-electron chi connectivity index (χ3n) is 4.51. The molecule has 108 valence electrons. The quantitative estimate of drug-likeness (QED) is 0.748. The molecule has 0 atom stereocenters. The highest BCUT2D eigenvalue weighted by molar-refractivity contribution is 9.11. The number of halogens is 1. The highest BCUT2D eigenvalue weighted by Crippen LogP contribution is 2.45. The molecule has 1 aromatic heterocycles. The van der Waals surface area contributed by atoms with Gasteiger partial charge < -0.3 is 0 Å². The molecule has 1 aliphatic heterocycles. The van der Waals surface area contributed by atoms with Crippen LogP contribution in [-0.4, -0.2) is 16.7 Å². The minimum atomic E-state index is -0.0149. The summed E-state index contributed by atoms with van der Waals surface area (Å²) in [6, 6.07) is 3.93. The van der Waals surface area contributed by atoms with Crippen molar-refractivity contribution in [3.05, 3.63) is 20.8 Å². The third kappa shape index (κ3) is 2.84. The van der Waals surface area contributed by atoms with Crippen LogP contribution in [0.4, 0.5) is 0 Å². The monoisotopic (exact) mass is 355 g/mol. The highest BCUT2D eigenvalue weighted by atomic mass is 79.9. The Bertz CT molecular complexity index is 514. The molecule has 3 rings (SSSR count). The molecule has 0 unspecified atom stereocenters. The average Bonchev–Trinajstić information content (AvgIpc) is 2.81. The van der Waals surface area contributed by atoms with Gasteiger partial charge in [-0.2, -0.15) is 0 Å². The fourth-order valence-electron chi connectivity index (χ4n) is 3.46. The summed E-state index contributed by atoms with van der Waals surface area (Å²) in [7, 11) is 0. The second-order valence-corrected chi connectivity index (χ2v) is 8.54. The number of imide groups is 1. The molecule has 2 aliphatic rings. The number of hydrogen-bond acceptors (Lipinski definition) is 3. The zero-order chi connectivity index (χ0) is 14.2. The lowest BCUT2D eigenvalue weighted by Crippen LogP contribution is -2.48. The number of carbonyl (C=O) groups is 2. The van der Waals surface area contributed by atoms with E-state index in [1.54, 1.807) is 11.3 Å². The number of carbonyl (C=O) groups excluding carboxylic acids is 2. The number of thiophene rings is 1. The van der Waals surface area contributed by atoms with E-state index < -0.39 is 0 Å². The molecule has 1 aromatic rings. The van der Waals surface area contributed by atoms with Crippen molar-refractivity contribution < 1.29 is 9.59 Å². The van der Waals surface area contributed by atoms with Crippen LogP contribution in [0.5, 0.6) is 0 Å². The topological polar surface area (TPSA) is 37.4 Å². The largest absolute Gasteiger partial charge is 0.277 e. The van der Waals surface area contributed by atoms with Gasteiger partial charge in [0.1, 0.15) is 0 Å². The summed E-state index contributed by atoms with van der Waals surface area (Å²) in [5.41, 5.74) is -0.0149. The van der Waals surface area contributed by atoms with Crippen molar-refractivity contribution in [2.45, 2.75) is 51.5 Å². The van der Waals surface area contributed by atoms with Crippen molar-refractivity contribution >= 4 is 39.1 Å². The molecule has 20 heavy (non-hydrogen) atoms. The van der Waals surface area contributed by atoms with E-state index >= 15 is 0 Å². The maximum absolute atomic E-state index is 12.4. The molecule has 2 fully saturated rings. The minimum absolute atomic E-state index is 0.0149. The van der Waals surface area contributed by atoms with Crippen LogP contribution < -0.4 is 0 Å². The number of rotatable bonds is 2. The molecule has 0 aromatic carbocycles. The second kappa shape index (κ2) is 5.60. The van der Waals surface area contributed by atoms with Gasteiger partial charge in [-0.15, -0.1) is 11.3 Å². The Balaban J connectivity index is 1.72. The zero-order valence-electron chi connectivity index (χ0n) is 11.4. The molecule has 5 heteroatoms. The van der Waals surface area contributed by atoms with Gasteiger partial charge in [-0.05, 0) is 46.3 Å². The summed E-state index contributed by atoms with van der Waals surface area (Å²) in [5, 5.41) is 0. The van der Waals surface area contributed by atoms with Crippen LogP contribution in [0, 0.1) is 5.41 Å². The lowest BCUT2D eigenvalue weighted by molar-refractivity contribution is -0.155. The van der Waals surface area contributed by atoms with Crippen LogP contribution >= 0.6 is 27.3 Å². The molecular weight excluding hydrogens is 338 g/mol. The summed E-state index contributed by atoms with van der Waals surface area (Å²) in [4.78, 5) is 27.3. The smallest absolute Gasteiger partial charge is 0.230 e. The number of hydrogen-bond donors (Lipinski definition) is 0. The van der Waals surface area contributed by atoms with Crippen molar-refractivity contribution in [3.8, 4) is 0 Å². The van der Waals surface area contributed by atoms with E-state index in [0.29, 0.717) is 19.4 Å². The first kappa shape index (κ1) is 14.3. The second-order valence-electron chi connectivity index (χ2n) is 5.99. The van der Waals surface area contributed by atoms with E-state index in [-0.39, 0.29) is 17.2 Å². The zero-order valence-corrected chi connectivity index (χ0v) is 13.8. The van der Waals surface area contributed by atoms with Crippen molar-refractivity contribution in [3.63, 3.8) is 0 Å². The summed E-state index contributed by atoms with van der Waals surface area (Å²) in [6.07, 6.45) is 6.79. The predicted molar refractivity (Wildman–Crippen MR) is 82.3 cm³/mol. The van der Waals surface area contributed by atoms with Crippen molar-refractivity contribution in [1.29, 1.82) is 0 Å². The minimum Gasteiger partial charge on any atom is -0.277 e. The predicted octanol–water partition coefficient (Wildman–Crippen LogP) is 4.11. The lowest BCUT2D eigenvalue weighted by Gasteiger charge is -2.42. The molecule has 0 N–H and O–H groups in total. The maximum Gasteiger partial charge on any atom is 0.230 e. The Morgan fingerprint density at radius 3 is 2.30 bits per heavy atom. The average molecular weight is 356 g/mol. The van der Waals surface area contributed by atoms with Gasteiger partial charge in [0.15, 0.2) is 0 Å². The van der Waals surface area contributed by atoms with Crippen LogP contribution in [0.25, 0.3) is 0 Å². The van der Waals surface area contributed by atoms with Gasteiger partial charge in [-0.1, -0.05) is 19.3 Å². The van der Waals surface area contributed by atoms with E-state index in [9.17, 15) is 9.59 Å². The number of likely N-dealkylation sites (tertiary alicyclic amines) is 1. The van der Waals surface area contributed by atoms with Crippen molar-refractivity contribution in [2.24, 2.45) is 5.41 Å². The van der Waals surface area contributed by atoms with Gasteiger partial charge in [0.2, 0.25) is 11.8 Å². The third-order valence-corrected chi connectivity index (χ3v) is 6.12. The van der Waals surface area contributed by atoms with Crippen LogP contribution in [-0.2, 0) is 16.1 Å². The van der Waals surface area contributed by atoms with Gasteiger partial charge >= 0.3 is 0 Å². The Hall–Kier alpha value is -0.680. The molecular formula is C15H18BrNO2S. The van der Waals surface area contributed by atoms with E-state index in [4.69, 9.17) is 0 Å². The first-order valence-corrected chi connectivity index (χ1v) is 8.76. The number of nitrogens with zero attached hydrogens (tertiary/aromatic N) is 1. The van der Waals surface area contributed by atoms with Gasteiger partial charge in [0.25, 0.3) is 0 Å². The Kier molecular flexibility index (Phi) is 4.00. The first-order chi connectivity index (χ1) is 9.58. The van der Waals surface area contributed by atoms with Gasteiger partial charge in [-0.3, -0.25) is 14.5 Å². The molecule has 2 amide bonds. The number of piperidine rings is 1. The molecule has 0 radical (unpaired) electrons. The Morgan fingerprint density at radius 1 is 1.10 bits per heavy atom. The van der Waals surface area contributed by atoms with Gasteiger partial charge in [0, 0.05) is 17.7 Å². The molecule has 1 saturated carbocycles. The van der Waals surface area contributed by atoms with Gasteiger partial charge in [0.05, 0.1) is 10.3 Å². The molecule has 3 nitrogen and oxygen atoms in total. The fraction of sp³-hybridized carbons (Fsp3) is 0.600. The van der Waals surface area contributed by atoms with Gasteiger partial charge in [-0.25, -0.2) is 0 Å². The SMILES string of the molecule is O=C1CC2(CCCCC2)CC(=O)N1Cc1ccc(Br)s1. The van der Waals surface area contributed by atoms with E-state index in [2.05, 4.69) is 15.9 Å². The molecule has 1 aliphatic carbocycles. The van der Waals surface area contributed by atoms with Crippen molar-refractivity contribution in [1.82, 2.24) is 4.90 Å². The summed E-state index contributed by atoms with van der Waals surface area (Å²) in [5.74, 6) is 0.0420. The molecule has 1 spiro atoms. The molecule has 2 heterocycles. The maximum atomic E-state index is 12.4. The Morgan fingerprint density at radius 2 is 1.75 bits per heavy atom. The summed E-state index contributed by atoms with van der Waals surface area (Å²) < 4.78 is 1.04. The molecule has 0 bridgehead atoms. The van der Waals surface area contributed by atoms with E-state index in [1.165, 1.54) is 24.2 Å². The number of amides is 2. The summed E-state index contributed by atoms with van der Waals surface area (Å²) in [6.45, 7) is 0.435. The molecule has 1 saturated heterocycles. The van der Waals surface area contributed by atoms with Crippen LogP contribution in [0.2, 0.25) is 0 Å². The van der Waals surface area contributed by atoms with Crippen molar-refractivity contribution in [2.75, 3.05) is 0 Å². The standard InChI is InChI=1S/C15H18BrNO2S/c16-12-5-4-11(20-12)10-17-13(18)8-15(9-14(17)19)6-2-1-3-7-15/h4-5H,1-3,6-10H2. The summed E-state index contributed by atoms with van der Waals surface area (Å²) >= 11 is 5.00. The highest BCUT2D eigenvalue weighted by Gasteiger charge is 2.43. The van der Waals surface area contributed by atoms with Crippen LogP contribution in [0.15, 0.2) is 15.9 Å². The van der Waals surface area contributed by atoms with Crippen LogP contribution in [0.3, 0.4) is 0 Å². The normalized spacial score (nSPS) is 22.6. The Labute approximate surface area is 131 Å². The van der Waals surface area contributed by atoms with E-state index in [1.807, 2.05) is 12.1 Å². The fourth-order valence-corrected chi connectivity index (χ4v) is 4.93. The van der Waals surface area contributed by atoms with Crippen LogP contribution in [0.1, 0.15) is 49.8 Å². The van der Waals surface area contributed by atoms with E-state index in [0.717, 1.165) is 21.5 Å². The lowest BCUT2D eigenvalue weighted by atomic mass is 9.67.